The van der Waals surface area contributed by atoms with Gasteiger partial charge in [-0.1, -0.05) is 45.4 Å². The van der Waals surface area contributed by atoms with E-state index < -0.39 is 5.63 Å². The third-order valence-corrected chi connectivity index (χ3v) is 4.61. The van der Waals surface area contributed by atoms with Crippen LogP contribution in [-0.4, -0.2) is 5.11 Å². The van der Waals surface area contributed by atoms with Crippen molar-refractivity contribution < 1.29 is 9.52 Å². The minimum Gasteiger partial charge on any atom is -0.506 e. The van der Waals surface area contributed by atoms with Gasteiger partial charge in [0.2, 0.25) is 0 Å². The molecule has 106 valence electrons. The summed E-state index contributed by atoms with van der Waals surface area (Å²) in [6.45, 7) is 1.99. The summed E-state index contributed by atoms with van der Waals surface area (Å²) in [5, 5.41) is 10.9. The van der Waals surface area contributed by atoms with Crippen LogP contribution in [0.3, 0.4) is 0 Å². The summed E-state index contributed by atoms with van der Waals surface area (Å²) in [4.78, 5) is 13.1. The Kier molecular flexibility index (Phi) is 3.78. The van der Waals surface area contributed by atoms with Gasteiger partial charge in [0.05, 0.1) is 5.39 Å². The van der Waals surface area contributed by atoms with Crippen molar-refractivity contribution in [2.45, 2.75) is 16.7 Å². The van der Waals surface area contributed by atoms with Crippen molar-refractivity contribution in [2.75, 3.05) is 0 Å². The first kappa shape index (κ1) is 14.2. The third-order valence-electron chi connectivity index (χ3n) is 3.04. The van der Waals surface area contributed by atoms with Crippen LogP contribution in [0.1, 0.15) is 5.56 Å². The van der Waals surface area contributed by atoms with Crippen LogP contribution in [0.15, 0.2) is 65.9 Å². The van der Waals surface area contributed by atoms with Gasteiger partial charge < -0.3 is 9.52 Å². The van der Waals surface area contributed by atoms with Gasteiger partial charge in [0.25, 0.3) is 0 Å². The standard InChI is InChI=1S/C16H11BrO3S/c1-9-2-5-11(6-3-9)21-15-14(18)12-8-10(17)4-7-13(12)20-16(15)19/h2-8,18H,1H3. The van der Waals surface area contributed by atoms with E-state index >= 15 is 0 Å². The second kappa shape index (κ2) is 5.58. The number of hydrogen-bond acceptors (Lipinski definition) is 4. The lowest BCUT2D eigenvalue weighted by molar-refractivity contribution is 0.447. The normalized spacial score (nSPS) is 11.0. The monoisotopic (exact) mass is 362 g/mol. The van der Waals surface area contributed by atoms with Crippen molar-refractivity contribution in [3.63, 3.8) is 0 Å². The van der Waals surface area contributed by atoms with Gasteiger partial charge in [-0.15, -0.1) is 0 Å². The number of aryl methyl sites for hydroxylation is 1. The van der Waals surface area contributed by atoms with E-state index in [1.165, 1.54) is 11.8 Å². The number of rotatable bonds is 2. The number of fused-ring (bicyclic) bond motifs is 1. The molecule has 1 aromatic heterocycles. The highest BCUT2D eigenvalue weighted by molar-refractivity contribution is 9.10. The molecule has 5 heteroatoms. The molecule has 3 rings (SSSR count). The first-order valence-electron chi connectivity index (χ1n) is 6.24. The lowest BCUT2D eigenvalue weighted by atomic mass is 10.2. The van der Waals surface area contributed by atoms with Crippen LogP contribution in [0.5, 0.6) is 5.75 Å². The van der Waals surface area contributed by atoms with E-state index in [2.05, 4.69) is 15.9 Å². The first-order chi connectivity index (χ1) is 10.0. The van der Waals surface area contributed by atoms with Crippen molar-refractivity contribution >= 4 is 38.7 Å². The number of hydrogen-bond donors (Lipinski definition) is 1. The van der Waals surface area contributed by atoms with Crippen molar-refractivity contribution in [2.24, 2.45) is 0 Å². The highest BCUT2D eigenvalue weighted by Gasteiger charge is 2.15. The lowest BCUT2D eigenvalue weighted by Gasteiger charge is -2.06. The molecular formula is C16H11BrO3S. The molecule has 0 aliphatic rings. The fraction of sp³-hybridized carbons (Fsp3) is 0.0625. The summed E-state index contributed by atoms with van der Waals surface area (Å²) in [6, 6.07) is 12.9. The molecule has 0 fully saturated rings. The van der Waals surface area contributed by atoms with E-state index in [-0.39, 0.29) is 10.6 Å². The van der Waals surface area contributed by atoms with E-state index in [0.717, 1.165) is 14.9 Å². The van der Waals surface area contributed by atoms with Crippen molar-refractivity contribution in [1.82, 2.24) is 0 Å². The van der Waals surface area contributed by atoms with Gasteiger partial charge in [0.15, 0.2) is 0 Å². The Morgan fingerprint density at radius 2 is 1.86 bits per heavy atom. The smallest absolute Gasteiger partial charge is 0.354 e. The van der Waals surface area contributed by atoms with Gasteiger partial charge in [-0.3, -0.25) is 0 Å². The van der Waals surface area contributed by atoms with Crippen LogP contribution in [0.4, 0.5) is 0 Å². The zero-order valence-electron chi connectivity index (χ0n) is 11.1. The van der Waals surface area contributed by atoms with E-state index in [4.69, 9.17) is 4.42 Å². The highest BCUT2D eigenvalue weighted by atomic mass is 79.9. The van der Waals surface area contributed by atoms with Gasteiger partial charge in [0.1, 0.15) is 16.2 Å². The SMILES string of the molecule is Cc1ccc(Sc2c(O)c3cc(Br)ccc3oc2=O)cc1. The van der Waals surface area contributed by atoms with E-state index in [1.807, 2.05) is 31.2 Å². The van der Waals surface area contributed by atoms with Crippen LogP contribution < -0.4 is 5.63 Å². The summed E-state index contributed by atoms with van der Waals surface area (Å²) in [6.07, 6.45) is 0. The molecule has 0 amide bonds. The molecule has 0 spiro atoms. The summed E-state index contributed by atoms with van der Waals surface area (Å²) in [5.41, 5.74) is 0.972. The fourth-order valence-corrected chi connectivity index (χ4v) is 3.16. The van der Waals surface area contributed by atoms with Gasteiger partial charge >= 0.3 is 5.63 Å². The minimum atomic E-state index is -0.534. The van der Waals surface area contributed by atoms with Gasteiger partial charge in [0, 0.05) is 9.37 Å². The topological polar surface area (TPSA) is 50.4 Å². The molecule has 1 heterocycles. The van der Waals surface area contributed by atoms with Crippen LogP contribution in [0.2, 0.25) is 0 Å². The average molecular weight is 363 g/mol. The first-order valence-corrected chi connectivity index (χ1v) is 7.85. The highest BCUT2D eigenvalue weighted by Crippen LogP contribution is 2.37. The predicted octanol–water partition coefficient (Wildman–Crippen LogP) is 4.72. The Balaban J connectivity index is 2.13. The Hall–Kier alpha value is -1.72. The summed E-state index contributed by atoms with van der Waals surface area (Å²) in [5.74, 6) is -0.0480. The molecule has 2 aromatic carbocycles. The number of benzene rings is 2. The molecule has 1 N–H and O–H groups in total. The second-order valence-electron chi connectivity index (χ2n) is 4.62. The maximum Gasteiger partial charge on any atom is 0.354 e. The Labute approximate surface area is 133 Å². The molecule has 0 aliphatic heterocycles. The van der Waals surface area contributed by atoms with Crippen LogP contribution in [-0.2, 0) is 0 Å². The maximum absolute atomic E-state index is 12.1. The van der Waals surface area contributed by atoms with Crippen molar-refractivity contribution in [1.29, 1.82) is 0 Å². The number of halogens is 1. The van der Waals surface area contributed by atoms with E-state index in [1.54, 1.807) is 18.2 Å². The number of aromatic hydroxyl groups is 1. The maximum atomic E-state index is 12.1. The van der Waals surface area contributed by atoms with E-state index in [0.29, 0.717) is 11.0 Å². The quantitative estimate of drug-likeness (QED) is 0.670. The van der Waals surface area contributed by atoms with Gasteiger partial charge in [-0.05, 0) is 37.3 Å². The zero-order valence-corrected chi connectivity index (χ0v) is 13.5. The Morgan fingerprint density at radius 3 is 2.57 bits per heavy atom. The lowest BCUT2D eigenvalue weighted by Crippen LogP contribution is -2.02. The third kappa shape index (κ3) is 2.84. The molecule has 0 atom stereocenters. The summed E-state index contributed by atoms with van der Waals surface area (Å²) < 4.78 is 6.08. The van der Waals surface area contributed by atoms with Crippen LogP contribution >= 0.6 is 27.7 Å². The molecule has 0 aliphatic carbocycles. The molecular weight excluding hydrogens is 352 g/mol. The zero-order chi connectivity index (χ0) is 15.0. The van der Waals surface area contributed by atoms with Gasteiger partial charge in [-0.2, -0.15) is 0 Å². The average Bonchev–Trinajstić information content (AvgIpc) is 2.46. The Bertz CT molecular complexity index is 869. The molecule has 0 saturated heterocycles. The fourth-order valence-electron chi connectivity index (χ4n) is 1.96. The molecule has 0 bridgehead atoms. The largest absolute Gasteiger partial charge is 0.506 e. The van der Waals surface area contributed by atoms with Crippen molar-refractivity contribution in [3.8, 4) is 5.75 Å². The van der Waals surface area contributed by atoms with Crippen molar-refractivity contribution in [3.05, 3.63) is 62.9 Å². The molecule has 0 radical (unpaired) electrons. The molecule has 0 unspecified atom stereocenters. The Morgan fingerprint density at radius 1 is 1.14 bits per heavy atom. The minimum absolute atomic E-state index is 0.0480. The van der Waals surface area contributed by atoms with Gasteiger partial charge in [-0.25, -0.2) is 4.79 Å². The second-order valence-corrected chi connectivity index (χ2v) is 6.62. The van der Waals surface area contributed by atoms with Crippen LogP contribution in [0.25, 0.3) is 11.0 Å². The van der Waals surface area contributed by atoms with E-state index in [9.17, 15) is 9.90 Å². The summed E-state index contributed by atoms with van der Waals surface area (Å²) in [7, 11) is 0. The molecule has 3 aromatic rings. The summed E-state index contributed by atoms with van der Waals surface area (Å²) >= 11 is 4.55. The van der Waals surface area contributed by atoms with Crippen LogP contribution in [0, 0.1) is 6.92 Å². The molecule has 0 saturated carbocycles. The molecule has 3 nitrogen and oxygen atoms in total. The molecule has 21 heavy (non-hydrogen) atoms. The predicted molar refractivity (Wildman–Crippen MR) is 87.2 cm³/mol.